The maximum atomic E-state index is 11.7. The third kappa shape index (κ3) is 2.08. The molecule has 0 bridgehead atoms. The van der Waals surface area contributed by atoms with Gasteiger partial charge in [0.25, 0.3) is 5.91 Å². The van der Waals surface area contributed by atoms with Gasteiger partial charge in [-0.1, -0.05) is 0 Å². The number of hydrogen-bond donors (Lipinski definition) is 2. The van der Waals surface area contributed by atoms with Gasteiger partial charge in [-0.05, 0) is 6.07 Å². The molecule has 0 unspecified atom stereocenters. The molecule has 7 nitrogen and oxygen atoms in total. The van der Waals surface area contributed by atoms with Gasteiger partial charge in [0.2, 0.25) is 5.95 Å². The Hall–Kier alpha value is -2.57. The summed E-state index contributed by atoms with van der Waals surface area (Å²) >= 11 is 0. The van der Waals surface area contributed by atoms with Crippen LogP contribution in [-0.2, 0) is 0 Å². The van der Waals surface area contributed by atoms with E-state index in [4.69, 9.17) is 5.73 Å². The number of nitrogens with one attached hydrogen (secondary N) is 1. The van der Waals surface area contributed by atoms with Gasteiger partial charge >= 0.3 is 0 Å². The molecular formula is C9H8N6O. The van der Waals surface area contributed by atoms with Crippen molar-refractivity contribution in [1.82, 2.24) is 20.2 Å². The molecule has 0 aliphatic heterocycles. The van der Waals surface area contributed by atoms with Gasteiger partial charge in [-0.15, -0.1) is 5.10 Å². The van der Waals surface area contributed by atoms with Crippen molar-refractivity contribution in [3.05, 3.63) is 36.4 Å². The van der Waals surface area contributed by atoms with E-state index < -0.39 is 5.91 Å². The minimum absolute atomic E-state index is 0.121. The number of pyridine rings is 1. The molecule has 0 radical (unpaired) electrons. The van der Waals surface area contributed by atoms with E-state index in [1.54, 1.807) is 6.07 Å². The van der Waals surface area contributed by atoms with E-state index in [1.165, 1.54) is 24.8 Å². The van der Waals surface area contributed by atoms with Gasteiger partial charge in [0, 0.05) is 18.1 Å². The number of nitrogens with two attached hydrogens (primary N) is 1. The van der Waals surface area contributed by atoms with Crippen LogP contribution in [0.25, 0.3) is 0 Å². The number of carbonyl (C=O) groups is 1. The Labute approximate surface area is 90.8 Å². The standard InChI is InChI=1S/C9H8N6O/c10-7-1-2-11-5-6(7)8(16)14-9-12-3-4-13-15-9/h1-5H,(H2,10,11)(H,12,14,15,16). The molecule has 2 rings (SSSR count). The fourth-order valence-corrected chi connectivity index (χ4v) is 1.07. The zero-order valence-electron chi connectivity index (χ0n) is 8.16. The van der Waals surface area contributed by atoms with Crippen molar-refractivity contribution in [2.24, 2.45) is 0 Å². The van der Waals surface area contributed by atoms with Crippen molar-refractivity contribution in [3.63, 3.8) is 0 Å². The molecule has 0 aliphatic carbocycles. The molecule has 0 fully saturated rings. The molecular weight excluding hydrogens is 208 g/mol. The summed E-state index contributed by atoms with van der Waals surface area (Å²) < 4.78 is 0. The van der Waals surface area contributed by atoms with Gasteiger partial charge in [0.1, 0.15) is 0 Å². The van der Waals surface area contributed by atoms with Crippen molar-refractivity contribution >= 4 is 17.5 Å². The molecule has 80 valence electrons. The Balaban J connectivity index is 2.19. The number of anilines is 2. The summed E-state index contributed by atoms with van der Waals surface area (Å²) in [6.07, 6.45) is 5.72. The average Bonchev–Trinajstić information content (AvgIpc) is 2.31. The molecule has 2 heterocycles. The number of rotatable bonds is 2. The number of aromatic nitrogens is 4. The molecule has 0 saturated heterocycles. The summed E-state index contributed by atoms with van der Waals surface area (Å²) in [5.41, 5.74) is 6.23. The lowest BCUT2D eigenvalue weighted by atomic mass is 10.2. The number of nitrogens with zero attached hydrogens (tertiary/aromatic N) is 4. The van der Waals surface area contributed by atoms with Crippen LogP contribution in [0.15, 0.2) is 30.9 Å². The third-order valence-corrected chi connectivity index (χ3v) is 1.81. The van der Waals surface area contributed by atoms with E-state index in [-0.39, 0.29) is 11.5 Å². The van der Waals surface area contributed by atoms with Gasteiger partial charge in [-0.25, -0.2) is 4.98 Å². The number of nitrogen functional groups attached to an aromatic ring is 1. The second kappa shape index (κ2) is 4.30. The normalized spacial score (nSPS) is 9.75. The highest BCUT2D eigenvalue weighted by Gasteiger charge is 2.10. The molecule has 3 N–H and O–H groups in total. The van der Waals surface area contributed by atoms with Gasteiger partial charge < -0.3 is 5.73 Å². The van der Waals surface area contributed by atoms with Crippen molar-refractivity contribution in [2.75, 3.05) is 11.1 Å². The second-order valence-electron chi connectivity index (χ2n) is 2.88. The highest BCUT2D eigenvalue weighted by Crippen LogP contribution is 2.09. The molecule has 0 aromatic carbocycles. The van der Waals surface area contributed by atoms with Crippen molar-refractivity contribution < 1.29 is 4.79 Å². The largest absolute Gasteiger partial charge is 0.398 e. The Morgan fingerprint density at radius 1 is 1.31 bits per heavy atom. The average molecular weight is 216 g/mol. The summed E-state index contributed by atoms with van der Waals surface area (Å²) in [5.74, 6) is -0.297. The van der Waals surface area contributed by atoms with E-state index >= 15 is 0 Å². The first-order valence-electron chi connectivity index (χ1n) is 4.42. The van der Waals surface area contributed by atoms with Crippen LogP contribution in [0.2, 0.25) is 0 Å². The fraction of sp³-hybridized carbons (Fsp3) is 0. The summed E-state index contributed by atoms with van der Waals surface area (Å²) in [7, 11) is 0. The summed E-state index contributed by atoms with van der Waals surface area (Å²) in [6.45, 7) is 0. The SMILES string of the molecule is Nc1ccncc1C(=O)Nc1nccnn1. The zero-order chi connectivity index (χ0) is 11.4. The lowest BCUT2D eigenvalue weighted by Crippen LogP contribution is -2.16. The van der Waals surface area contributed by atoms with Crippen LogP contribution in [0.1, 0.15) is 10.4 Å². The van der Waals surface area contributed by atoms with Crippen molar-refractivity contribution in [2.45, 2.75) is 0 Å². The first kappa shape index (κ1) is 9.97. The summed E-state index contributed by atoms with van der Waals surface area (Å²) in [4.78, 5) is 19.3. The van der Waals surface area contributed by atoms with Crippen LogP contribution >= 0.6 is 0 Å². The highest BCUT2D eigenvalue weighted by atomic mass is 16.1. The van der Waals surface area contributed by atoms with Crippen molar-refractivity contribution in [3.8, 4) is 0 Å². The highest BCUT2D eigenvalue weighted by molar-refractivity contribution is 6.06. The van der Waals surface area contributed by atoms with E-state index in [0.29, 0.717) is 5.69 Å². The maximum Gasteiger partial charge on any atom is 0.261 e. The molecule has 7 heteroatoms. The molecule has 0 aliphatic rings. The molecule has 0 saturated carbocycles. The van der Waals surface area contributed by atoms with E-state index in [2.05, 4.69) is 25.5 Å². The third-order valence-electron chi connectivity index (χ3n) is 1.81. The maximum absolute atomic E-state index is 11.7. The Kier molecular flexibility index (Phi) is 2.68. The fourth-order valence-electron chi connectivity index (χ4n) is 1.07. The molecule has 2 aromatic heterocycles. The van der Waals surface area contributed by atoms with E-state index in [1.807, 2.05) is 0 Å². The van der Waals surface area contributed by atoms with Crippen LogP contribution in [0.5, 0.6) is 0 Å². The van der Waals surface area contributed by atoms with Gasteiger partial charge in [0.05, 0.1) is 18.0 Å². The zero-order valence-corrected chi connectivity index (χ0v) is 8.16. The lowest BCUT2D eigenvalue weighted by molar-refractivity contribution is 0.102. The Morgan fingerprint density at radius 2 is 2.19 bits per heavy atom. The van der Waals surface area contributed by atoms with E-state index in [9.17, 15) is 4.79 Å². The quantitative estimate of drug-likeness (QED) is 0.737. The smallest absolute Gasteiger partial charge is 0.261 e. The Morgan fingerprint density at radius 3 is 2.88 bits per heavy atom. The number of carbonyl (C=O) groups excluding carboxylic acids is 1. The molecule has 2 aromatic rings. The van der Waals surface area contributed by atoms with Gasteiger partial charge in [-0.2, -0.15) is 5.10 Å². The van der Waals surface area contributed by atoms with Gasteiger partial charge in [0.15, 0.2) is 0 Å². The lowest BCUT2D eigenvalue weighted by Gasteiger charge is -2.04. The van der Waals surface area contributed by atoms with E-state index in [0.717, 1.165) is 0 Å². The summed E-state index contributed by atoms with van der Waals surface area (Å²) in [6, 6.07) is 1.54. The van der Waals surface area contributed by atoms with Crippen LogP contribution in [-0.4, -0.2) is 26.1 Å². The minimum atomic E-state index is -0.418. The Bertz CT molecular complexity index is 500. The monoisotopic (exact) mass is 216 g/mol. The number of amides is 1. The van der Waals surface area contributed by atoms with Gasteiger partial charge in [-0.3, -0.25) is 15.1 Å². The molecule has 0 spiro atoms. The van der Waals surface area contributed by atoms with Crippen molar-refractivity contribution in [1.29, 1.82) is 0 Å². The van der Waals surface area contributed by atoms with Crippen LogP contribution in [0.4, 0.5) is 11.6 Å². The molecule has 0 atom stereocenters. The van der Waals surface area contributed by atoms with Crippen LogP contribution < -0.4 is 11.1 Å². The predicted octanol–water partition coefficient (Wildman–Crippen LogP) is 0.101. The topological polar surface area (TPSA) is 107 Å². The summed E-state index contributed by atoms with van der Waals surface area (Å²) in [5, 5.41) is 9.65. The van der Waals surface area contributed by atoms with Crippen LogP contribution in [0.3, 0.4) is 0 Å². The minimum Gasteiger partial charge on any atom is -0.398 e. The number of hydrogen-bond acceptors (Lipinski definition) is 6. The second-order valence-corrected chi connectivity index (χ2v) is 2.88. The first-order chi connectivity index (χ1) is 7.77. The first-order valence-corrected chi connectivity index (χ1v) is 4.42. The van der Waals surface area contributed by atoms with Crippen LogP contribution in [0, 0.1) is 0 Å². The predicted molar refractivity (Wildman–Crippen MR) is 56.4 cm³/mol. The molecule has 16 heavy (non-hydrogen) atoms. The molecule has 1 amide bonds.